The van der Waals surface area contributed by atoms with Crippen molar-refractivity contribution in [2.75, 3.05) is 7.05 Å². The molecule has 0 bridgehead atoms. The number of rotatable bonds is 1. The molecule has 0 amide bonds. The summed E-state index contributed by atoms with van der Waals surface area (Å²) >= 11 is 0. The van der Waals surface area contributed by atoms with Gasteiger partial charge in [-0.2, -0.15) is 9.12 Å². The van der Waals surface area contributed by atoms with Gasteiger partial charge in [-0.25, -0.2) is 0 Å². The second kappa shape index (κ2) is 2.68. The van der Waals surface area contributed by atoms with Crippen molar-refractivity contribution in [1.29, 1.82) is 0 Å². The van der Waals surface area contributed by atoms with Crippen molar-refractivity contribution >= 4 is 15.7 Å². The molecule has 1 N–H and O–H groups in total. The van der Waals surface area contributed by atoms with Crippen LogP contribution >= 0.6 is 9.12 Å². The van der Waals surface area contributed by atoms with Gasteiger partial charge in [-0.1, -0.05) is 6.82 Å². The Kier molecular flexibility index (Phi) is 2.92. The first kappa shape index (κ1) is 5.45. The Bertz CT molecular complexity index is 23.6. The summed E-state index contributed by atoms with van der Waals surface area (Å²) in [4.78, 5) is 0. The Morgan fingerprint density at radius 1 is 1.80 bits per heavy atom. The fourth-order valence-electron chi connectivity index (χ4n) is 0. The molecule has 0 saturated carbocycles. The first-order valence-corrected chi connectivity index (χ1v) is 2.37. The molecule has 0 aromatic carbocycles. The van der Waals surface area contributed by atoms with Crippen LogP contribution in [0.3, 0.4) is 0 Å². The second-order valence-electron chi connectivity index (χ2n) is 1.08. The molecule has 1 atom stereocenters. The Morgan fingerprint density at radius 3 is 2.00 bits per heavy atom. The van der Waals surface area contributed by atoms with Gasteiger partial charge in [0, 0.05) is 0 Å². The molecule has 5 heavy (non-hydrogen) atoms. The van der Waals surface area contributed by atoms with Gasteiger partial charge in [-0.15, -0.1) is 0 Å². The standard InChI is InChI=1S/C2H9BNP/c1-3(5)4-2/h4H,5H2,1-2H3. The normalized spacial score (nSPS) is 7.80. The predicted molar refractivity (Wildman–Crippen MR) is 30.4 cm³/mol. The molecular formula is C2H9BNP. The van der Waals surface area contributed by atoms with Crippen molar-refractivity contribution in [2.24, 2.45) is 0 Å². The topological polar surface area (TPSA) is 12.0 Å². The highest BCUT2D eigenvalue weighted by molar-refractivity contribution is 7.61. The van der Waals surface area contributed by atoms with Crippen LogP contribution in [-0.2, 0) is 0 Å². The minimum atomic E-state index is 0.551. The molecule has 0 radical (unpaired) electrons. The highest BCUT2D eigenvalue weighted by Crippen LogP contribution is 1.81. The third kappa shape index (κ3) is 4.45. The van der Waals surface area contributed by atoms with Crippen molar-refractivity contribution in [2.45, 2.75) is 6.82 Å². The molecule has 0 fully saturated rings. The van der Waals surface area contributed by atoms with E-state index >= 15 is 0 Å². The maximum Gasteiger partial charge on any atom is 0.240 e. The zero-order chi connectivity index (χ0) is 4.28. The van der Waals surface area contributed by atoms with Gasteiger partial charge < -0.3 is 5.23 Å². The highest BCUT2D eigenvalue weighted by Gasteiger charge is 1.86. The molecule has 0 aliphatic rings. The van der Waals surface area contributed by atoms with Crippen LogP contribution in [0.25, 0.3) is 0 Å². The van der Waals surface area contributed by atoms with Gasteiger partial charge in [0.15, 0.2) is 0 Å². The van der Waals surface area contributed by atoms with Crippen molar-refractivity contribution in [3.63, 3.8) is 0 Å². The molecule has 0 aliphatic heterocycles. The van der Waals surface area contributed by atoms with Gasteiger partial charge in [0.1, 0.15) is 0 Å². The average molecular weight is 88.9 g/mol. The molecule has 0 aliphatic carbocycles. The molecule has 3 heteroatoms. The summed E-state index contributed by atoms with van der Waals surface area (Å²) in [6.07, 6.45) is 0. The van der Waals surface area contributed by atoms with E-state index in [4.69, 9.17) is 0 Å². The fraction of sp³-hybridized carbons (Fsp3) is 1.00. The monoisotopic (exact) mass is 89.1 g/mol. The third-order valence-corrected chi connectivity index (χ3v) is 0.789. The van der Waals surface area contributed by atoms with Crippen LogP contribution in [0.1, 0.15) is 0 Å². The first-order chi connectivity index (χ1) is 2.27. The van der Waals surface area contributed by atoms with Gasteiger partial charge in [0.25, 0.3) is 0 Å². The summed E-state index contributed by atoms with van der Waals surface area (Å²) in [6, 6.07) is 0. The van der Waals surface area contributed by atoms with E-state index in [1.54, 1.807) is 0 Å². The molecule has 0 saturated heterocycles. The van der Waals surface area contributed by atoms with Crippen LogP contribution in [0, 0.1) is 0 Å². The second-order valence-corrected chi connectivity index (χ2v) is 2.08. The summed E-state index contributed by atoms with van der Waals surface area (Å²) < 4.78 is 0. The molecule has 0 heterocycles. The molecular weight excluding hydrogens is 79.8 g/mol. The molecule has 0 rings (SSSR count). The van der Waals surface area contributed by atoms with E-state index in [2.05, 4.69) is 21.2 Å². The van der Waals surface area contributed by atoms with Gasteiger partial charge in [0.2, 0.25) is 6.57 Å². The molecule has 0 aromatic rings. The van der Waals surface area contributed by atoms with Crippen LogP contribution in [0.15, 0.2) is 0 Å². The number of hydrogen-bond donors (Lipinski definition) is 1. The van der Waals surface area contributed by atoms with Gasteiger partial charge >= 0.3 is 0 Å². The van der Waals surface area contributed by atoms with E-state index < -0.39 is 0 Å². The minimum absolute atomic E-state index is 0.551. The number of hydrogen-bond acceptors (Lipinski definition) is 1. The lowest BCUT2D eigenvalue weighted by Gasteiger charge is -1.89. The van der Waals surface area contributed by atoms with Gasteiger partial charge in [-0.05, 0) is 7.05 Å². The first-order valence-electron chi connectivity index (χ1n) is 1.70. The highest BCUT2D eigenvalue weighted by atomic mass is 31.0. The largest absolute Gasteiger partial charge is 0.355 e. The smallest absolute Gasteiger partial charge is 0.240 e. The van der Waals surface area contributed by atoms with E-state index in [-0.39, 0.29) is 0 Å². The van der Waals surface area contributed by atoms with E-state index in [0.717, 1.165) is 0 Å². The van der Waals surface area contributed by atoms with Gasteiger partial charge in [-0.3, -0.25) is 0 Å². The SMILES string of the molecule is CNB(C)P. The molecule has 1 unspecified atom stereocenters. The van der Waals surface area contributed by atoms with Gasteiger partial charge in [0.05, 0.1) is 0 Å². The van der Waals surface area contributed by atoms with E-state index in [1.165, 1.54) is 0 Å². The Hall–Kier alpha value is 0.455. The van der Waals surface area contributed by atoms with Crippen molar-refractivity contribution < 1.29 is 0 Å². The average Bonchev–Trinajstić information content (AvgIpc) is 1.38. The minimum Gasteiger partial charge on any atom is -0.355 e. The molecule has 30 valence electrons. The quantitative estimate of drug-likeness (QED) is 0.357. The van der Waals surface area contributed by atoms with E-state index in [0.29, 0.717) is 6.57 Å². The van der Waals surface area contributed by atoms with Crippen LogP contribution < -0.4 is 5.23 Å². The summed E-state index contributed by atoms with van der Waals surface area (Å²) in [5.74, 6) is 0. The summed E-state index contributed by atoms with van der Waals surface area (Å²) in [5, 5.41) is 2.99. The van der Waals surface area contributed by atoms with Crippen LogP contribution in [-0.4, -0.2) is 13.6 Å². The summed E-state index contributed by atoms with van der Waals surface area (Å²) in [7, 11) is 4.55. The Balaban J connectivity index is 2.54. The summed E-state index contributed by atoms with van der Waals surface area (Å²) in [5.41, 5.74) is 0. The lowest BCUT2D eigenvalue weighted by molar-refractivity contribution is 1.24. The lowest BCUT2D eigenvalue weighted by atomic mass is 9.99. The molecule has 0 aromatic heterocycles. The molecule has 1 nitrogen and oxygen atoms in total. The Labute approximate surface area is 35.8 Å². The van der Waals surface area contributed by atoms with E-state index in [9.17, 15) is 0 Å². The van der Waals surface area contributed by atoms with E-state index in [1.807, 2.05) is 7.05 Å². The Morgan fingerprint density at radius 2 is 2.00 bits per heavy atom. The zero-order valence-electron chi connectivity index (χ0n) is 3.65. The van der Waals surface area contributed by atoms with Crippen LogP contribution in [0.2, 0.25) is 6.82 Å². The zero-order valence-corrected chi connectivity index (χ0v) is 4.81. The maximum absolute atomic E-state index is 2.99. The van der Waals surface area contributed by atoms with Crippen molar-refractivity contribution in [3.8, 4) is 0 Å². The van der Waals surface area contributed by atoms with Crippen LogP contribution in [0.4, 0.5) is 0 Å². The maximum atomic E-state index is 2.99. The van der Waals surface area contributed by atoms with Crippen molar-refractivity contribution in [3.05, 3.63) is 0 Å². The van der Waals surface area contributed by atoms with Crippen molar-refractivity contribution in [1.82, 2.24) is 5.23 Å². The third-order valence-electron chi connectivity index (χ3n) is 0.455. The fourth-order valence-corrected chi connectivity index (χ4v) is 0. The molecule has 0 spiro atoms. The predicted octanol–water partition coefficient (Wildman–Crippen LogP) is 0.199. The lowest BCUT2D eigenvalue weighted by Crippen LogP contribution is -2.17. The number of nitrogens with one attached hydrogen (secondary N) is 1. The van der Waals surface area contributed by atoms with Crippen LogP contribution in [0.5, 0.6) is 0 Å². The summed E-state index contributed by atoms with van der Waals surface area (Å²) in [6.45, 7) is 2.62.